The number of nitrogens with zero attached hydrogens (tertiary/aromatic N) is 1. The van der Waals surface area contributed by atoms with Gasteiger partial charge >= 0.3 is 0 Å². The van der Waals surface area contributed by atoms with Gasteiger partial charge in [-0.25, -0.2) is 4.98 Å². The van der Waals surface area contributed by atoms with Gasteiger partial charge < -0.3 is 14.8 Å². The number of nitrogens with one attached hydrogen (secondary N) is 1. The predicted octanol–water partition coefficient (Wildman–Crippen LogP) is 3.56. The molecule has 1 aromatic carbocycles. The Balaban J connectivity index is 2.28. The summed E-state index contributed by atoms with van der Waals surface area (Å²) in [5, 5.41) is 3.67. The van der Waals surface area contributed by atoms with E-state index in [2.05, 4.69) is 10.3 Å². The smallest absolute Gasteiger partial charge is 0.219 e. The van der Waals surface area contributed by atoms with Gasteiger partial charge in [-0.1, -0.05) is 17.7 Å². The molecule has 2 rings (SSSR count). The normalized spacial score (nSPS) is 10.4. The van der Waals surface area contributed by atoms with Gasteiger partial charge in [-0.3, -0.25) is 0 Å². The molecule has 0 aliphatic rings. The van der Waals surface area contributed by atoms with Crippen molar-refractivity contribution in [3.8, 4) is 17.4 Å². The molecule has 0 radical (unpaired) electrons. The molecule has 1 N–H and O–H groups in total. The highest BCUT2D eigenvalue weighted by molar-refractivity contribution is 6.31. The van der Waals surface area contributed by atoms with Crippen LogP contribution in [0.15, 0.2) is 30.5 Å². The average Bonchev–Trinajstić information content (AvgIpc) is 2.44. The zero-order chi connectivity index (χ0) is 14.5. The molecule has 5 heteroatoms. The van der Waals surface area contributed by atoms with Crippen molar-refractivity contribution in [1.82, 2.24) is 10.3 Å². The van der Waals surface area contributed by atoms with Crippen LogP contribution in [0, 0.1) is 6.92 Å². The molecular formula is C15H17ClN2O2. The zero-order valence-corrected chi connectivity index (χ0v) is 12.5. The van der Waals surface area contributed by atoms with Crippen LogP contribution in [0.2, 0.25) is 5.02 Å². The highest BCUT2D eigenvalue weighted by Gasteiger charge is 2.09. The molecule has 0 bridgehead atoms. The second-order valence-corrected chi connectivity index (χ2v) is 4.81. The Morgan fingerprint density at radius 1 is 1.25 bits per heavy atom. The summed E-state index contributed by atoms with van der Waals surface area (Å²) in [7, 11) is 3.48. The number of ether oxygens (including phenoxy) is 2. The molecule has 0 atom stereocenters. The van der Waals surface area contributed by atoms with Crippen molar-refractivity contribution in [3.63, 3.8) is 0 Å². The number of benzene rings is 1. The van der Waals surface area contributed by atoms with Crippen molar-refractivity contribution in [1.29, 1.82) is 0 Å². The van der Waals surface area contributed by atoms with Crippen molar-refractivity contribution in [3.05, 3.63) is 46.6 Å². The van der Waals surface area contributed by atoms with Crippen LogP contribution < -0.4 is 14.8 Å². The van der Waals surface area contributed by atoms with Crippen molar-refractivity contribution < 1.29 is 9.47 Å². The second-order valence-electron chi connectivity index (χ2n) is 4.40. The van der Waals surface area contributed by atoms with Crippen LogP contribution in [0.5, 0.6) is 17.4 Å². The van der Waals surface area contributed by atoms with E-state index in [1.165, 1.54) is 0 Å². The molecule has 0 unspecified atom stereocenters. The van der Waals surface area contributed by atoms with Crippen molar-refractivity contribution in [2.45, 2.75) is 13.5 Å². The topological polar surface area (TPSA) is 43.4 Å². The standard InChI is InChI=1S/C15H17ClN2O2/c1-10-4-5-13(14(6-10)19-3)20-15-7-11(8-17-2)12(16)9-18-15/h4-7,9,17H,8H2,1-3H3. The van der Waals surface area contributed by atoms with Gasteiger partial charge in [0.1, 0.15) is 0 Å². The van der Waals surface area contributed by atoms with Crippen LogP contribution >= 0.6 is 11.6 Å². The van der Waals surface area contributed by atoms with Crippen LogP contribution in [-0.4, -0.2) is 19.1 Å². The van der Waals surface area contributed by atoms with E-state index in [9.17, 15) is 0 Å². The van der Waals surface area contributed by atoms with Crippen molar-refractivity contribution in [2.24, 2.45) is 0 Å². The molecule has 1 heterocycles. The molecule has 0 saturated heterocycles. The summed E-state index contributed by atoms with van der Waals surface area (Å²) >= 11 is 6.07. The average molecular weight is 293 g/mol. The highest BCUT2D eigenvalue weighted by atomic mass is 35.5. The number of hydrogen-bond donors (Lipinski definition) is 1. The van der Waals surface area contributed by atoms with E-state index in [-0.39, 0.29) is 0 Å². The maximum atomic E-state index is 6.07. The fraction of sp³-hybridized carbons (Fsp3) is 0.267. The van der Waals surface area contributed by atoms with E-state index in [4.69, 9.17) is 21.1 Å². The fourth-order valence-corrected chi connectivity index (χ4v) is 1.98. The van der Waals surface area contributed by atoms with E-state index in [1.807, 2.05) is 38.2 Å². The Labute approximate surface area is 123 Å². The van der Waals surface area contributed by atoms with E-state index >= 15 is 0 Å². The summed E-state index contributed by atoms with van der Waals surface area (Å²) in [6.45, 7) is 2.65. The molecule has 0 fully saturated rings. The minimum Gasteiger partial charge on any atom is -0.493 e. The maximum absolute atomic E-state index is 6.07. The van der Waals surface area contributed by atoms with Crippen LogP contribution in [0.25, 0.3) is 0 Å². The molecule has 20 heavy (non-hydrogen) atoms. The van der Waals surface area contributed by atoms with Gasteiger partial charge in [0.05, 0.1) is 12.1 Å². The first-order chi connectivity index (χ1) is 9.63. The molecule has 4 nitrogen and oxygen atoms in total. The molecule has 0 saturated carbocycles. The minimum absolute atomic E-state index is 0.488. The quantitative estimate of drug-likeness (QED) is 0.915. The number of aryl methyl sites for hydroxylation is 1. The summed E-state index contributed by atoms with van der Waals surface area (Å²) in [5.74, 6) is 1.79. The Kier molecular flexibility index (Phi) is 4.82. The van der Waals surface area contributed by atoms with Gasteiger partial charge in [0, 0.05) is 18.8 Å². The first-order valence-electron chi connectivity index (χ1n) is 6.25. The number of methoxy groups -OCH3 is 1. The zero-order valence-electron chi connectivity index (χ0n) is 11.7. The molecule has 0 aliphatic heterocycles. The van der Waals surface area contributed by atoms with E-state index in [0.717, 1.165) is 11.1 Å². The Morgan fingerprint density at radius 2 is 2.05 bits per heavy atom. The fourth-order valence-electron chi connectivity index (χ4n) is 1.81. The SMILES string of the molecule is CNCc1cc(Oc2ccc(C)cc2OC)ncc1Cl. The van der Waals surface area contributed by atoms with Gasteiger partial charge in [-0.05, 0) is 37.2 Å². The number of hydrogen-bond acceptors (Lipinski definition) is 4. The van der Waals surface area contributed by atoms with E-state index in [0.29, 0.717) is 28.9 Å². The molecule has 2 aromatic rings. The summed E-state index contributed by atoms with van der Waals surface area (Å²) in [4.78, 5) is 4.18. The van der Waals surface area contributed by atoms with Gasteiger partial charge in [-0.15, -0.1) is 0 Å². The van der Waals surface area contributed by atoms with Crippen LogP contribution in [0.3, 0.4) is 0 Å². The van der Waals surface area contributed by atoms with Crippen molar-refractivity contribution >= 4 is 11.6 Å². The molecule has 0 amide bonds. The third-order valence-corrected chi connectivity index (χ3v) is 3.15. The summed E-state index contributed by atoms with van der Waals surface area (Å²) in [6, 6.07) is 7.56. The third-order valence-electron chi connectivity index (χ3n) is 2.81. The van der Waals surface area contributed by atoms with Crippen LogP contribution in [0.4, 0.5) is 0 Å². The van der Waals surface area contributed by atoms with Gasteiger partial charge in [0.15, 0.2) is 11.5 Å². The first-order valence-corrected chi connectivity index (χ1v) is 6.63. The largest absolute Gasteiger partial charge is 0.493 e. The predicted molar refractivity (Wildman–Crippen MR) is 79.8 cm³/mol. The third kappa shape index (κ3) is 3.40. The Bertz CT molecular complexity index is 602. The monoisotopic (exact) mass is 292 g/mol. The summed E-state index contributed by atoms with van der Waals surface area (Å²) in [5.41, 5.74) is 2.04. The lowest BCUT2D eigenvalue weighted by atomic mass is 10.2. The van der Waals surface area contributed by atoms with Gasteiger partial charge in [0.2, 0.25) is 5.88 Å². The van der Waals surface area contributed by atoms with E-state index < -0.39 is 0 Å². The lowest BCUT2D eigenvalue weighted by Crippen LogP contribution is -2.06. The number of rotatable bonds is 5. The lowest BCUT2D eigenvalue weighted by molar-refractivity contribution is 0.373. The first kappa shape index (κ1) is 14.6. The number of pyridine rings is 1. The van der Waals surface area contributed by atoms with Crippen molar-refractivity contribution in [2.75, 3.05) is 14.2 Å². The highest BCUT2D eigenvalue weighted by Crippen LogP contribution is 2.32. The molecule has 106 valence electrons. The minimum atomic E-state index is 0.488. The second kappa shape index (κ2) is 6.59. The summed E-state index contributed by atoms with van der Waals surface area (Å²) in [6.07, 6.45) is 1.59. The molecule has 1 aromatic heterocycles. The maximum Gasteiger partial charge on any atom is 0.219 e. The summed E-state index contributed by atoms with van der Waals surface area (Å²) < 4.78 is 11.1. The molecule has 0 aliphatic carbocycles. The molecule has 0 spiro atoms. The number of halogens is 1. The lowest BCUT2D eigenvalue weighted by Gasteiger charge is -2.11. The van der Waals surface area contributed by atoms with Gasteiger partial charge in [-0.2, -0.15) is 0 Å². The van der Waals surface area contributed by atoms with E-state index in [1.54, 1.807) is 13.3 Å². The van der Waals surface area contributed by atoms with Crippen LogP contribution in [0.1, 0.15) is 11.1 Å². The Morgan fingerprint density at radius 3 is 2.75 bits per heavy atom. The van der Waals surface area contributed by atoms with Crippen LogP contribution in [-0.2, 0) is 6.54 Å². The van der Waals surface area contributed by atoms with Gasteiger partial charge in [0.25, 0.3) is 0 Å². The number of aromatic nitrogens is 1. The molecular weight excluding hydrogens is 276 g/mol. The Hall–Kier alpha value is -1.78.